The second kappa shape index (κ2) is 9.73. The fourth-order valence-electron chi connectivity index (χ4n) is 4.67. The van der Waals surface area contributed by atoms with Crippen LogP contribution in [-0.2, 0) is 21.0 Å². The van der Waals surface area contributed by atoms with E-state index < -0.39 is 39.3 Å². The van der Waals surface area contributed by atoms with Crippen molar-refractivity contribution in [2.45, 2.75) is 29.5 Å². The van der Waals surface area contributed by atoms with Crippen molar-refractivity contribution in [1.82, 2.24) is 15.0 Å². The van der Waals surface area contributed by atoms with E-state index in [1.807, 2.05) is 0 Å². The molecule has 7 nitrogen and oxygen atoms in total. The number of sulfonamides is 1. The van der Waals surface area contributed by atoms with Crippen molar-refractivity contribution >= 4 is 26.7 Å². The number of hydrogen-bond acceptors (Lipinski definition) is 4. The Hall–Kier alpha value is -3.96. The van der Waals surface area contributed by atoms with Gasteiger partial charge in [-0.2, -0.15) is 13.2 Å². The van der Waals surface area contributed by atoms with Gasteiger partial charge in [-0.1, -0.05) is 48.5 Å². The molecular weight excluding hydrogens is 519 g/mol. The quantitative estimate of drug-likeness (QED) is 0.341. The molecular formula is C27H22F3N3O4S. The number of alkyl halides is 3. The molecule has 0 spiro atoms. The average Bonchev–Trinajstić information content (AvgIpc) is 3.28. The third kappa shape index (κ3) is 5.07. The Labute approximate surface area is 215 Å². The molecule has 0 radical (unpaired) electrons. The van der Waals surface area contributed by atoms with Gasteiger partial charge in [-0.05, 0) is 47.7 Å². The predicted molar refractivity (Wildman–Crippen MR) is 136 cm³/mol. The molecule has 1 aliphatic rings. The summed E-state index contributed by atoms with van der Waals surface area (Å²) in [5.41, 5.74) is -0.992. The van der Waals surface area contributed by atoms with Crippen molar-refractivity contribution in [3.63, 3.8) is 0 Å². The smallest absolute Gasteiger partial charge is 0.351 e. The Kier molecular flexibility index (Phi) is 6.58. The summed E-state index contributed by atoms with van der Waals surface area (Å²) < 4.78 is 67.9. The molecule has 38 heavy (non-hydrogen) atoms. The number of fused-ring (bicyclic) bond motifs is 1. The van der Waals surface area contributed by atoms with Crippen LogP contribution in [0.1, 0.15) is 23.5 Å². The maximum atomic E-state index is 13.5. The van der Waals surface area contributed by atoms with Gasteiger partial charge in [-0.25, -0.2) is 13.1 Å². The molecule has 4 aromatic rings. The molecule has 0 saturated carbocycles. The van der Waals surface area contributed by atoms with Crippen molar-refractivity contribution in [3.8, 4) is 11.3 Å². The van der Waals surface area contributed by atoms with E-state index in [9.17, 15) is 31.2 Å². The Balaban J connectivity index is 1.37. The molecule has 1 saturated heterocycles. The molecule has 3 aromatic carbocycles. The second-order valence-electron chi connectivity index (χ2n) is 9.06. The molecule has 1 aromatic heterocycles. The molecule has 11 heteroatoms. The molecule has 1 unspecified atom stereocenters. The van der Waals surface area contributed by atoms with E-state index in [1.54, 1.807) is 36.4 Å². The number of benzene rings is 3. The van der Waals surface area contributed by atoms with Gasteiger partial charge in [0.25, 0.3) is 5.56 Å². The van der Waals surface area contributed by atoms with E-state index in [4.69, 9.17) is 0 Å². The van der Waals surface area contributed by atoms with E-state index in [0.717, 1.165) is 6.07 Å². The van der Waals surface area contributed by atoms with Gasteiger partial charge in [0, 0.05) is 29.2 Å². The van der Waals surface area contributed by atoms with E-state index >= 15 is 0 Å². The normalized spacial score (nSPS) is 18.0. The molecule has 0 aliphatic carbocycles. The summed E-state index contributed by atoms with van der Waals surface area (Å²) >= 11 is 0. The molecule has 2 atom stereocenters. The van der Waals surface area contributed by atoms with Gasteiger partial charge in [-0.3, -0.25) is 9.59 Å². The first-order valence-corrected chi connectivity index (χ1v) is 13.2. The molecule has 196 valence electrons. The summed E-state index contributed by atoms with van der Waals surface area (Å²) in [5, 5.41) is 3.44. The van der Waals surface area contributed by atoms with E-state index in [1.165, 1.54) is 36.4 Å². The summed E-state index contributed by atoms with van der Waals surface area (Å²) in [6.07, 6.45) is -4.29. The van der Waals surface area contributed by atoms with Gasteiger partial charge >= 0.3 is 6.18 Å². The molecule has 3 N–H and O–H groups in total. The van der Waals surface area contributed by atoms with Crippen LogP contribution in [0, 0.1) is 0 Å². The van der Waals surface area contributed by atoms with Crippen molar-refractivity contribution in [3.05, 3.63) is 100 Å². The number of halogens is 3. The number of carbonyl (C=O) groups excluding carboxylic acids is 1. The van der Waals surface area contributed by atoms with Gasteiger partial charge < -0.3 is 10.3 Å². The summed E-state index contributed by atoms with van der Waals surface area (Å²) in [5.74, 6) is -0.920. The Bertz CT molecular complexity index is 1690. The fourth-order valence-corrected chi connectivity index (χ4v) is 5.77. The van der Waals surface area contributed by atoms with Gasteiger partial charge in [0.2, 0.25) is 15.9 Å². The number of pyridine rings is 1. The zero-order valence-electron chi connectivity index (χ0n) is 19.7. The summed E-state index contributed by atoms with van der Waals surface area (Å²) in [6, 6.07) is 18.7. The highest BCUT2D eigenvalue weighted by molar-refractivity contribution is 7.89. The van der Waals surface area contributed by atoms with Crippen LogP contribution in [0.2, 0.25) is 0 Å². The third-order valence-corrected chi connectivity index (χ3v) is 7.99. The number of H-pyrrole nitrogens is 1. The number of carbonyl (C=O) groups is 1. The lowest BCUT2D eigenvalue weighted by Gasteiger charge is -2.14. The van der Waals surface area contributed by atoms with Crippen LogP contribution in [0.15, 0.2) is 88.6 Å². The minimum Gasteiger partial charge on any atom is -0.351 e. The number of hydrogen-bond donors (Lipinski definition) is 3. The first-order chi connectivity index (χ1) is 18.0. The first kappa shape index (κ1) is 25.7. The molecule has 1 amide bonds. The van der Waals surface area contributed by atoms with E-state index in [0.29, 0.717) is 17.4 Å². The van der Waals surface area contributed by atoms with Crippen molar-refractivity contribution in [2.24, 2.45) is 0 Å². The molecule has 2 heterocycles. The first-order valence-electron chi connectivity index (χ1n) is 11.7. The van der Waals surface area contributed by atoms with Gasteiger partial charge in [0.15, 0.2) is 0 Å². The van der Waals surface area contributed by atoms with Crippen molar-refractivity contribution < 1.29 is 26.4 Å². The predicted octanol–water partition coefficient (Wildman–Crippen LogP) is 4.16. The summed E-state index contributed by atoms with van der Waals surface area (Å²) in [7, 11) is -3.74. The van der Waals surface area contributed by atoms with Crippen molar-refractivity contribution in [1.29, 1.82) is 0 Å². The number of nitrogens with one attached hydrogen (secondary N) is 3. The largest absolute Gasteiger partial charge is 0.417 e. The minimum atomic E-state index is -4.59. The third-order valence-electron chi connectivity index (χ3n) is 6.55. The zero-order chi connectivity index (χ0) is 27.1. The highest BCUT2D eigenvalue weighted by atomic mass is 32.2. The zero-order valence-corrected chi connectivity index (χ0v) is 20.6. The summed E-state index contributed by atoms with van der Waals surface area (Å²) in [4.78, 5) is 28.2. The van der Waals surface area contributed by atoms with Crippen LogP contribution in [-0.4, -0.2) is 31.9 Å². The molecule has 5 rings (SSSR count). The van der Waals surface area contributed by atoms with Crippen LogP contribution in [0.4, 0.5) is 13.2 Å². The Morgan fingerprint density at radius 1 is 0.921 bits per heavy atom. The van der Waals surface area contributed by atoms with Gasteiger partial charge in [0.1, 0.15) is 0 Å². The number of amides is 1. The standard InChI is InChI=1S/C27H22F3N3O4S/c28-27(29,30)23-9-5-4-8-20(23)24-13-17-11-10-16(12-21(17)26(35)33-24)22-14-18(32-25(22)34)15-31-38(36,37)19-6-2-1-3-7-19/h1-13,18,22,31H,14-15H2,(H,32,34)(H,33,35)/t18?,22-/m1/s1. The monoisotopic (exact) mass is 541 g/mol. The number of aromatic nitrogens is 1. The minimum absolute atomic E-state index is 0.00436. The van der Waals surface area contributed by atoms with Crippen molar-refractivity contribution in [2.75, 3.05) is 6.54 Å². The molecule has 1 fully saturated rings. The van der Waals surface area contributed by atoms with E-state index in [2.05, 4.69) is 15.0 Å². The average molecular weight is 542 g/mol. The second-order valence-corrected chi connectivity index (χ2v) is 10.8. The summed E-state index contributed by atoms with van der Waals surface area (Å²) in [6.45, 7) is -0.00436. The lowest BCUT2D eigenvalue weighted by Crippen LogP contribution is -2.38. The Morgan fingerprint density at radius 3 is 2.37 bits per heavy atom. The highest BCUT2D eigenvalue weighted by Crippen LogP contribution is 2.37. The van der Waals surface area contributed by atoms with Crippen LogP contribution in [0.5, 0.6) is 0 Å². The SMILES string of the molecule is O=C1NC(CNS(=O)(=O)c2ccccc2)C[C@@H]1c1ccc2cc(-c3ccccc3C(F)(F)F)[nH]c(=O)c2c1. The Morgan fingerprint density at radius 2 is 1.63 bits per heavy atom. The molecule has 1 aliphatic heterocycles. The maximum absolute atomic E-state index is 13.5. The molecule has 0 bridgehead atoms. The van der Waals surface area contributed by atoms with Crippen LogP contribution in [0.25, 0.3) is 22.0 Å². The maximum Gasteiger partial charge on any atom is 0.417 e. The number of rotatable bonds is 6. The lowest BCUT2D eigenvalue weighted by molar-refractivity contribution is -0.137. The van der Waals surface area contributed by atoms with Gasteiger partial charge in [-0.15, -0.1) is 0 Å². The van der Waals surface area contributed by atoms with Crippen LogP contribution < -0.4 is 15.6 Å². The highest BCUT2D eigenvalue weighted by Gasteiger charge is 2.35. The fraction of sp³-hybridized carbons (Fsp3) is 0.185. The van der Waals surface area contributed by atoms with Crippen LogP contribution >= 0.6 is 0 Å². The van der Waals surface area contributed by atoms with Gasteiger partial charge in [0.05, 0.1) is 16.4 Å². The van der Waals surface area contributed by atoms with Crippen LogP contribution in [0.3, 0.4) is 0 Å². The van der Waals surface area contributed by atoms with E-state index in [-0.39, 0.29) is 34.0 Å². The topological polar surface area (TPSA) is 108 Å². The lowest BCUT2D eigenvalue weighted by atomic mass is 9.93. The number of aromatic amines is 1.